The molecule has 0 saturated carbocycles. The molecule has 23 heavy (non-hydrogen) atoms. The second-order valence-corrected chi connectivity index (χ2v) is 5.57. The van der Waals surface area contributed by atoms with Crippen molar-refractivity contribution in [3.63, 3.8) is 0 Å². The van der Waals surface area contributed by atoms with Crippen LogP contribution in [-0.4, -0.2) is 49.8 Å². The molecular weight excluding hydrogens is 300 g/mol. The topological polar surface area (TPSA) is 116 Å². The van der Waals surface area contributed by atoms with Crippen molar-refractivity contribution in [3.8, 4) is 0 Å². The predicted octanol–water partition coefficient (Wildman–Crippen LogP) is -0.703. The summed E-state index contributed by atoms with van der Waals surface area (Å²) >= 11 is 0. The van der Waals surface area contributed by atoms with E-state index >= 15 is 0 Å². The van der Waals surface area contributed by atoms with E-state index in [4.69, 9.17) is 0 Å². The van der Waals surface area contributed by atoms with Crippen molar-refractivity contribution >= 4 is 23.6 Å². The van der Waals surface area contributed by atoms with Crippen molar-refractivity contribution in [2.24, 2.45) is 5.92 Å². The maximum absolute atomic E-state index is 11.5. The zero-order valence-corrected chi connectivity index (χ0v) is 14.2. The van der Waals surface area contributed by atoms with E-state index in [1.165, 1.54) is 0 Å². The van der Waals surface area contributed by atoms with E-state index in [-0.39, 0.29) is 31.4 Å². The summed E-state index contributed by atoms with van der Waals surface area (Å²) in [5.41, 5.74) is 0. The van der Waals surface area contributed by atoms with E-state index in [1.807, 2.05) is 0 Å². The van der Waals surface area contributed by atoms with E-state index in [2.05, 4.69) is 35.1 Å². The number of amides is 4. The highest BCUT2D eigenvalue weighted by atomic mass is 16.2. The van der Waals surface area contributed by atoms with Gasteiger partial charge in [0.1, 0.15) is 0 Å². The van der Waals surface area contributed by atoms with Crippen LogP contribution in [0.25, 0.3) is 0 Å². The van der Waals surface area contributed by atoms with E-state index in [9.17, 15) is 19.2 Å². The third-order valence-corrected chi connectivity index (χ3v) is 2.94. The van der Waals surface area contributed by atoms with Gasteiger partial charge < -0.3 is 21.3 Å². The van der Waals surface area contributed by atoms with Gasteiger partial charge in [-0.15, -0.1) is 0 Å². The number of hydrogen-bond acceptors (Lipinski definition) is 4. The number of hydrogen-bond donors (Lipinski definition) is 4. The van der Waals surface area contributed by atoms with E-state index < -0.39 is 11.8 Å². The summed E-state index contributed by atoms with van der Waals surface area (Å²) in [6.45, 7) is 5.96. The molecule has 0 aromatic rings. The molecule has 4 N–H and O–H groups in total. The Balaban J connectivity index is 3.68. The van der Waals surface area contributed by atoms with Crippen molar-refractivity contribution in [1.29, 1.82) is 0 Å². The first kappa shape index (κ1) is 20.9. The van der Waals surface area contributed by atoms with Crippen molar-refractivity contribution < 1.29 is 19.2 Å². The van der Waals surface area contributed by atoms with Gasteiger partial charge in [-0.3, -0.25) is 19.2 Å². The lowest BCUT2D eigenvalue weighted by Crippen LogP contribution is -2.44. The van der Waals surface area contributed by atoms with Crippen LogP contribution in [0.4, 0.5) is 0 Å². The first-order valence-corrected chi connectivity index (χ1v) is 7.91. The molecule has 0 fully saturated rings. The molecule has 0 aromatic heterocycles. The lowest BCUT2D eigenvalue weighted by atomic mass is 10.1. The molecule has 0 radical (unpaired) electrons. The Kier molecular flexibility index (Phi) is 11.3. The highest BCUT2D eigenvalue weighted by Gasteiger charge is 2.08. The van der Waals surface area contributed by atoms with Crippen LogP contribution in [0.15, 0.2) is 0 Å². The SMILES string of the molecule is CCC(=O)NCC(=O)NCC(=O)NCC(=O)NCCCC(C)C. The molecule has 8 heteroatoms. The number of carbonyl (C=O) groups is 4. The Bertz CT molecular complexity index is 410. The zero-order valence-electron chi connectivity index (χ0n) is 14.2. The standard InChI is InChI=1S/C15H28N4O4/c1-4-12(20)17-9-14(22)19-10-15(23)18-8-13(21)16-7-5-6-11(2)3/h11H,4-10H2,1-3H3,(H,16,21)(H,17,20)(H,18,23)(H,19,22). The zero-order chi connectivity index (χ0) is 17.7. The Labute approximate surface area is 137 Å². The van der Waals surface area contributed by atoms with E-state index in [1.54, 1.807) is 6.92 Å². The van der Waals surface area contributed by atoms with Gasteiger partial charge in [0.15, 0.2) is 0 Å². The molecule has 4 amide bonds. The fourth-order valence-corrected chi connectivity index (χ4v) is 1.59. The molecule has 8 nitrogen and oxygen atoms in total. The van der Waals surface area contributed by atoms with Gasteiger partial charge in [-0.2, -0.15) is 0 Å². The molecule has 0 aromatic carbocycles. The maximum Gasteiger partial charge on any atom is 0.239 e. The van der Waals surface area contributed by atoms with E-state index in [0.717, 1.165) is 12.8 Å². The molecule has 0 atom stereocenters. The number of carbonyl (C=O) groups excluding carboxylic acids is 4. The first-order chi connectivity index (χ1) is 10.8. The van der Waals surface area contributed by atoms with Gasteiger partial charge in [0.05, 0.1) is 19.6 Å². The predicted molar refractivity (Wildman–Crippen MR) is 86.4 cm³/mol. The van der Waals surface area contributed by atoms with E-state index in [0.29, 0.717) is 18.9 Å². The summed E-state index contributed by atoms with van der Waals surface area (Å²) in [6, 6.07) is 0. The summed E-state index contributed by atoms with van der Waals surface area (Å²) < 4.78 is 0. The first-order valence-electron chi connectivity index (χ1n) is 7.91. The third kappa shape index (κ3) is 13.3. The molecule has 0 aliphatic rings. The summed E-state index contributed by atoms with van der Waals surface area (Å²) in [6.07, 6.45) is 2.23. The summed E-state index contributed by atoms with van der Waals surface area (Å²) in [4.78, 5) is 45.3. The molecule has 0 spiro atoms. The van der Waals surface area contributed by atoms with Crippen molar-refractivity contribution in [1.82, 2.24) is 21.3 Å². The highest BCUT2D eigenvalue weighted by molar-refractivity contribution is 5.89. The average molecular weight is 328 g/mol. The van der Waals surface area contributed by atoms with Crippen LogP contribution < -0.4 is 21.3 Å². The molecular formula is C15H28N4O4. The average Bonchev–Trinajstić information content (AvgIpc) is 2.52. The molecule has 132 valence electrons. The molecule has 0 rings (SSSR count). The molecule has 0 bridgehead atoms. The fourth-order valence-electron chi connectivity index (χ4n) is 1.59. The largest absolute Gasteiger partial charge is 0.355 e. The smallest absolute Gasteiger partial charge is 0.239 e. The van der Waals surface area contributed by atoms with Gasteiger partial charge in [0.2, 0.25) is 23.6 Å². The Morgan fingerprint density at radius 1 is 0.739 bits per heavy atom. The Hall–Kier alpha value is -2.12. The molecule has 0 aliphatic heterocycles. The van der Waals surface area contributed by atoms with Crippen molar-refractivity contribution in [2.75, 3.05) is 26.2 Å². The van der Waals surface area contributed by atoms with Crippen molar-refractivity contribution in [3.05, 3.63) is 0 Å². The monoisotopic (exact) mass is 328 g/mol. The van der Waals surface area contributed by atoms with Gasteiger partial charge >= 0.3 is 0 Å². The third-order valence-electron chi connectivity index (χ3n) is 2.94. The van der Waals surface area contributed by atoms with Crippen LogP contribution in [-0.2, 0) is 19.2 Å². The summed E-state index contributed by atoms with van der Waals surface area (Å²) in [5, 5.41) is 9.87. The quantitative estimate of drug-likeness (QED) is 0.375. The Morgan fingerprint density at radius 2 is 1.17 bits per heavy atom. The fraction of sp³-hybridized carbons (Fsp3) is 0.733. The normalized spacial score (nSPS) is 10.1. The number of rotatable bonds is 11. The van der Waals surface area contributed by atoms with Crippen molar-refractivity contribution in [2.45, 2.75) is 40.0 Å². The second kappa shape index (κ2) is 12.4. The van der Waals surface area contributed by atoms with Gasteiger partial charge in [-0.1, -0.05) is 20.8 Å². The minimum absolute atomic E-state index is 0.122. The van der Waals surface area contributed by atoms with Gasteiger partial charge in [-0.05, 0) is 18.8 Å². The summed E-state index contributed by atoms with van der Waals surface area (Å²) in [7, 11) is 0. The number of nitrogens with one attached hydrogen (secondary N) is 4. The van der Waals surface area contributed by atoms with Crippen LogP contribution in [0, 0.1) is 5.92 Å². The molecule has 0 aliphatic carbocycles. The van der Waals surface area contributed by atoms with Crippen LogP contribution in [0.5, 0.6) is 0 Å². The van der Waals surface area contributed by atoms with Crippen LogP contribution in [0.3, 0.4) is 0 Å². The lowest BCUT2D eigenvalue weighted by Gasteiger charge is -2.09. The van der Waals surface area contributed by atoms with Crippen LogP contribution in [0.2, 0.25) is 0 Å². The van der Waals surface area contributed by atoms with Crippen LogP contribution >= 0.6 is 0 Å². The van der Waals surface area contributed by atoms with Crippen LogP contribution in [0.1, 0.15) is 40.0 Å². The second-order valence-electron chi connectivity index (χ2n) is 5.57. The highest BCUT2D eigenvalue weighted by Crippen LogP contribution is 2.01. The molecule has 0 heterocycles. The Morgan fingerprint density at radius 3 is 1.61 bits per heavy atom. The summed E-state index contributed by atoms with van der Waals surface area (Å²) in [5.74, 6) is -0.822. The minimum atomic E-state index is -0.461. The van der Waals surface area contributed by atoms with Gasteiger partial charge in [-0.25, -0.2) is 0 Å². The van der Waals surface area contributed by atoms with Gasteiger partial charge in [0, 0.05) is 13.0 Å². The van der Waals surface area contributed by atoms with Gasteiger partial charge in [0.25, 0.3) is 0 Å². The maximum atomic E-state index is 11.5. The molecule has 0 unspecified atom stereocenters. The lowest BCUT2D eigenvalue weighted by molar-refractivity contribution is -0.128. The minimum Gasteiger partial charge on any atom is -0.355 e. The molecule has 0 saturated heterocycles.